The summed E-state index contributed by atoms with van der Waals surface area (Å²) in [4.78, 5) is 26.6. The first-order valence-electron chi connectivity index (χ1n) is 9.99. The molecule has 0 N–H and O–H groups in total. The smallest absolute Gasteiger partial charge is 0.307 e. The van der Waals surface area contributed by atoms with Gasteiger partial charge in [-0.05, 0) is 44.0 Å². The Morgan fingerprint density at radius 2 is 1.90 bits per heavy atom. The van der Waals surface area contributed by atoms with Crippen LogP contribution < -0.4 is 4.90 Å². The highest BCUT2D eigenvalue weighted by atomic mass is 16.5. The van der Waals surface area contributed by atoms with E-state index >= 15 is 0 Å². The van der Waals surface area contributed by atoms with Crippen molar-refractivity contribution in [3.63, 3.8) is 0 Å². The van der Waals surface area contributed by atoms with Gasteiger partial charge in [0.25, 0.3) is 5.91 Å². The number of aryl methyl sites for hydroxylation is 2. The average molecular weight is 405 g/mol. The van der Waals surface area contributed by atoms with Crippen molar-refractivity contribution in [2.24, 2.45) is 0 Å². The first-order chi connectivity index (χ1) is 14.5. The third-order valence-electron chi connectivity index (χ3n) is 5.12. The number of esters is 1. The van der Waals surface area contributed by atoms with E-state index in [1.807, 2.05) is 55.5 Å². The molecule has 0 radical (unpaired) electrons. The van der Waals surface area contributed by atoms with Gasteiger partial charge in [0.2, 0.25) is 11.8 Å². The Balaban J connectivity index is 1.30. The minimum Gasteiger partial charge on any atom is -0.453 e. The topological polar surface area (TPSA) is 85.5 Å². The summed E-state index contributed by atoms with van der Waals surface area (Å²) in [5, 5.41) is 8.02. The van der Waals surface area contributed by atoms with Gasteiger partial charge >= 0.3 is 5.97 Å². The van der Waals surface area contributed by atoms with Crippen molar-refractivity contribution in [3.05, 3.63) is 65.5 Å². The van der Waals surface area contributed by atoms with Crippen LogP contribution in [0.4, 0.5) is 5.69 Å². The SMILES string of the molecule is Cc1ccc(-c2nnc(CCC(=O)OC(C)C(=O)N3CCc4ccccc43)o2)cc1. The fraction of sp³-hybridized carbons (Fsp3) is 0.304. The van der Waals surface area contributed by atoms with E-state index in [1.54, 1.807) is 11.8 Å². The molecule has 4 rings (SSSR count). The Morgan fingerprint density at radius 1 is 1.13 bits per heavy atom. The highest BCUT2D eigenvalue weighted by Crippen LogP contribution is 2.28. The van der Waals surface area contributed by atoms with Gasteiger partial charge in [0, 0.05) is 24.2 Å². The number of ether oxygens (including phenoxy) is 1. The molecular formula is C23H23N3O4. The van der Waals surface area contributed by atoms with Gasteiger partial charge in [-0.15, -0.1) is 10.2 Å². The second-order valence-corrected chi connectivity index (χ2v) is 7.37. The molecule has 0 spiro atoms. The first-order valence-corrected chi connectivity index (χ1v) is 9.99. The van der Waals surface area contributed by atoms with Crippen molar-refractivity contribution in [1.82, 2.24) is 10.2 Å². The zero-order chi connectivity index (χ0) is 21.1. The standard InChI is InChI=1S/C23H23N3O4/c1-15-7-9-18(10-8-15)22-25-24-20(30-22)11-12-21(27)29-16(2)23(28)26-14-13-17-5-3-4-6-19(17)26/h3-10,16H,11-14H2,1-2H3. The lowest BCUT2D eigenvalue weighted by Crippen LogP contribution is -2.39. The maximum atomic E-state index is 12.7. The minimum atomic E-state index is -0.852. The number of nitrogens with zero attached hydrogens (tertiary/aromatic N) is 3. The highest BCUT2D eigenvalue weighted by Gasteiger charge is 2.29. The molecule has 0 saturated heterocycles. The second kappa shape index (κ2) is 8.49. The van der Waals surface area contributed by atoms with Crippen LogP contribution in [0.1, 0.15) is 30.4 Å². The van der Waals surface area contributed by atoms with Crippen LogP contribution in [0.3, 0.4) is 0 Å². The lowest BCUT2D eigenvalue weighted by Gasteiger charge is -2.21. The fourth-order valence-electron chi connectivity index (χ4n) is 3.47. The number of hydrogen-bond acceptors (Lipinski definition) is 6. The van der Waals surface area contributed by atoms with E-state index in [1.165, 1.54) is 0 Å². The maximum Gasteiger partial charge on any atom is 0.307 e. The van der Waals surface area contributed by atoms with Crippen LogP contribution in [0, 0.1) is 6.92 Å². The predicted octanol–water partition coefficient (Wildman–Crippen LogP) is 3.50. The van der Waals surface area contributed by atoms with Crippen molar-refractivity contribution in [2.45, 2.75) is 39.2 Å². The molecule has 30 heavy (non-hydrogen) atoms. The van der Waals surface area contributed by atoms with Gasteiger partial charge in [-0.2, -0.15) is 0 Å². The van der Waals surface area contributed by atoms with Gasteiger partial charge in [-0.1, -0.05) is 35.9 Å². The quantitative estimate of drug-likeness (QED) is 0.584. The molecule has 1 aliphatic heterocycles. The molecule has 3 aromatic rings. The normalized spacial score (nSPS) is 13.7. The van der Waals surface area contributed by atoms with Crippen LogP contribution >= 0.6 is 0 Å². The molecule has 0 bridgehead atoms. The van der Waals surface area contributed by atoms with E-state index < -0.39 is 12.1 Å². The van der Waals surface area contributed by atoms with E-state index in [-0.39, 0.29) is 18.7 Å². The fourth-order valence-corrected chi connectivity index (χ4v) is 3.47. The van der Waals surface area contributed by atoms with Crippen LogP contribution in [-0.2, 0) is 27.2 Å². The Labute approximate surface area is 174 Å². The summed E-state index contributed by atoms with van der Waals surface area (Å²) >= 11 is 0. The summed E-state index contributed by atoms with van der Waals surface area (Å²) in [5.74, 6) is 0.0794. The number of fused-ring (bicyclic) bond motifs is 1. The molecule has 0 aliphatic carbocycles. The summed E-state index contributed by atoms with van der Waals surface area (Å²) in [6.45, 7) is 4.20. The Bertz CT molecular complexity index is 1060. The maximum absolute atomic E-state index is 12.7. The number of aromatic nitrogens is 2. The highest BCUT2D eigenvalue weighted by molar-refractivity contribution is 5.99. The van der Waals surface area contributed by atoms with Gasteiger partial charge < -0.3 is 14.1 Å². The van der Waals surface area contributed by atoms with Crippen molar-refractivity contribution in [1.29, 1.82) is 0 Å². The number of amides is 1. The molecule has 1 unspecified atom stereocenters. The van der Waals surface area contributed by atoms with Gasteiger partial charge in [0.05, 0.1) is 6.42 Å². The second-order valence-electron chi connectivity index (χ2n) is 7.37. The third-order valence-corrected chi connectivity index (χ3v) is 5.12. The van der Waals surface area contributed by atoms with E-state index in [9.17, 15) is 9.59 Å². The van der Waals surface area contributed by atoms with E-state index in [0.717, 1.165) is 28.8 Å². The Hall–Kier alpha value is -3.48. The summed E-state index contributed by atoms with van der Waals surface area (Å²) in [7, 11) is 0. The van der Waals surface area contributed by atoms with Crippen molar-refractivity contribution in [2.75, 3.05) is 11.4 Å². The van der Waals surface area contributed by atoms with E-state index in [4.69, 9.17) is 9.15 Å². The van der Waals surface area contributed by atoms with Crippen molar-refractivity contribution in [3.8, 4) is 11.5 Å². The summed E-state index contributed by atoms with van der Waals surface area (Å²) in [5.41, 5.74) is 3.99. The van der Waals surface area contributed by atoms with E-state index in [2.05, 4.69) is 10.2 Å². The molecule has 7 heteroatoms. The van der Waals surface area contributed by atoms with Gasteiger partial charge in [0.15, 0.2) is 6.10 Å². The Kier molecular flexibility index (Phi) is 5.61. The molecule has 0 fully saturated rings. The molecule has 154 valence electrons. The van der Waals surface area contributed by atoms with Crippen molar-refractivity contribution < 1.29 is 18.7 Å². The molecule has 1 atom stereocenters. The summed E-state index contributed by atoms with van der Waals surface area (Å²) < 4.78 is 11.0. The minimum absolute atomic E-state index is 0.0593. The molecule has 2 aromatic carbocycles. The number of benzene rings is 2. The summed E-state index contributed by atoms with van der Waals surface area (Å²) in [6, 6.07) is 15.5. The van der Waals surface area contributed by atoms with Gasteiger partial charge in [0.1, 0.15) is 0 Å². The molecule has 1 amide bonds. The van der Waals surface area contributed by atoms with Crippen LogP contribution in [0.5, 0.6) is 0 Å². The lowest BCUT2D eigenvalue weighted by atomic mass is 10.1. The number of rotatable bonds is 6. The predicted molar refractivity (Wildman–Crippen MR) is 111 cm³/mol. The van der Waals surface area contributed by atoms with Gasteiger partial charge in [-0.25, -0.2) is 0 Å². The summed E-state index contributed by atoms with van der Waals surface area (Å²) in [6.07, 6.45) is 0.271. The number of carbonyl (C=O) groups excluding carboxylic acids is 2. The number of carbonyl (C=O) groups is 2. The Morgan fingerprint density at radius 3 is 2.70 bits per heavy atom. The lowest BCUT2D eigenvalue weighted by molar-refractivity contribution is -0.153. The zero-order valence-electron chi connectivity index (χ0n) is 17.0. The molecule has 0 saturated carbocycles. The van der Waals surface area contributed by atoms with Gasteiger partial charge in [-0.3, -0.25) is 9.59 Å². The van der Waals surface area contributed by atoms with Crippen molar-refractivity contribution >= 4 is 17.6 Å². The van der Waals surface area contributed by atoms with Crippen LogP contribution in [0.2, 0.25) is 0 Å². The first kappa shape index (κ1) is 19.8. The molecule has 1 aromatic heterocycles. The monoisotopic (exact) mass is 405 g/mol. The average Bonchev–Trinajstić information content (AvgIpc) is 3.39. The largest absolute Gasteiger partial charge is 0.453 e. The number of para-hydroxylation sites is 1. The molecule has 2 heterocycles. The van der Waals surface area contributed by atoms with Crippen LogP contribution in [0.15, 0.2) is 52.9 Å². The number of hydrogen-bond donors (Lipinski definition) is 0. The zero-order valence-corrected chi connectivity index (χ0v) is 17.0. The molecular weight excluding hydrogens is 382 g/mol. The van der Waals surface area contributed by atoms with Crippen LogP contribution in [0.25, 0.3) is 11.5 Å². The van der Waals surface area contributed by atoms with E-state index in [0.29, 0.717) is 18.3 Å². The molecule has 7 nitrogen and oxygen atoms in total. The molecule has 1 aliphatic rings. The van der Waals surface area contributed by atoms with Crippen LogP contribution in [-0.4, -0.2) is 34.7 Å². The third kappa shape index (κ3) is 4.25. The number of anilines is 1.